The smallest absolute Gasteiger partial charge is 0.265 e. The molecule has 0 saturated carbocycles. The molecule has 1 N–H and O–H groups in total. The number of nitrogens with one attached hydrogen (secondary N) is 1. The summed E-state index contributed by atoms with van der Waals surface area (Å²) in [5.74, 6) is -2.13. The number of carbonyl (C=O) groups excluding carboxylic acids is 3. The normalized spacial score (nSPS) is 14.9. The van der Waals surface area contributed by atoms with Crippen molar-refractivity contribution in [2.75, 3.05) is 0 Å². The van der Waals surface area contributed by atoms with E-state index in [9.17, 15) is 22.8 Å². The van der Waals surface area contributed by atoms with E-state index in [4.69, 9.17) is 0 Å². The summed E-state index contributed by atoms with van der Waals surface area (Å²) in [6, 6.07) is 13.7. The van der Waals surface area contributed by atoms with Gasteiger partial charge >= 0.3 is 0 Å². The van der Waals surface area contributed by atoms with Crippen LogP contribution in [-0.4, -0.2) is 31.0 Å². The van der Waals surface area contributed by atoms with E-state index >= 15 is 0 Å². The van der Waals surface area contributed by atoms with Gasteiger partial charge in [-0.2, -0.15) is 0 Å². The fraction of sp³-hybridized carbons (Fsp3) is 0.261. The van der Waals surface area contributed by atoms with Crippen molar-refractivity contribution in [3.8, 4) is 0 Å². The van der Waals surface area contributed by atoms with Gasteiger partial charge in [-0.05, 0) is 42.5 Å². The van der Waals surface area contributed by atoms with Gasteiger partial charge in [0.15, 0.2) is 0 Å². The Labute approximate surface area is 181 Å². The second-order valence-corrected chi connectivity index (χ2v) is 9.45. The number of fused-ring (bicyclic) bond motifs is 1. The Balaban J connectivity index is 1.67. The molecule has 0 saturated heterocycles. The first-order chi connectivity index (χ1) is 14.6. The van der Waals surface area contributed by atoms with E-state index in [2.05, 4.69) is 13.8 Å². The van der Waals surface area contributed by atoms with Crippen molar-refractivity contribution in [1.29, 1.82) is 0 Å². The van der Waals surface area contributed by atoms with Crippen LogP contribution >= 0.6 is 0 Å². The van der Waals surface area contributed by atoms with Crippen LogP contribution in [0.2, 0.25) is 0 Å². The third-order valence-corrected chi connectivity index (χ3v) is 5.94. The number of sulfonamides is 1. The zero-order valence-electron chi connectivity index (χ0n) is 17.5. The van der Waals surface area contributed by atoms with Crippen LogP contribution in [0.4, 0.5) is 0 Å². The molecule has 1 aliphatic rings. The quantitative estimate of drug-likeness (QED) is 0.667. The Hall–Kier alpha value is -3.26. The largest absolute Gasteiger partial charge is 0.273 e. The molecule has 8 heteroatoms. The van der Waals surface area contributed by atoms with Gasteiger partial charge in [-0.15, -0.1) is 0 Å². The lowest BCUT2D eigenvalue weighted by molar-refractivity contribution is -0.120. The molecule has 2 aromatic carbocycles. The molecule has 0 fully saturated rings. The van der Waals surface area contributed by atoms with Crippen LogP contribution in [0.15, 0.2) is 60.1 Å². The molecule has 3 rings (SSSR count). The van der Waals surface area contributed by atoms with Gasteiger partial charge in [0, 0.05) is 6.20 Å². The minimum absolute atomic E-state index is 0.202. The lowest BCUT2D eigenvalue weighted by Crippen LogP contribution is -2.33. The van der Waals surface area contributed by atoms with Gasteiger partial charge in [0.25, 0.3) is 21.8 Å². The minimum Gasteiger partial charge on any atom is -0.273 e. The third-order valence-electron chi connectivity index (χ3n) is 4.97. The van der Waals surface area contributed by atoms with Gasteiger partial charge in [-0.3, -0.25) is 14.4 Å². The Morgan fingerprint density at radius 1 is 0.968 bits per heavy atom. The molecule has 0 radical (unpaired) electrons. The molecule has 162 valence electrons. The molecule has 0 aliphatic carbocycles. The van der Waals surface area contributed by atoms with Crippen molar-refractivity contribution in [3.05, 3.63) is 82.4 Å². The number of rotatable bonds is 7. The zero-order valence-corrected chi connectivity index (χ0v) is 18.3. The standard InChI is InChI=1S/C23H24N2O5S/c1-15(2)14-17-8-10-18(11-9-17)16(3)21(26)24-31(29,30)13-12-25-22(27)19-6-4-5-7-20(19)23(25)28/h4-13,15-16H,14H2,1-3H3,(H,24,26). The number of hydrogen-bond acceptors (Lipinski definition) is 5. The van der Waals surface area contributed by atoms with E-state index in [1.807, 2.05) is 29.0 Å². The Bertz CT molecular complexity index is 1120. The summed E-state index contributed by atoms with van der Waals surface area (Å²) >= 11 is 0. The maximum atomic E-state index is 12.5. The molecular weight excluding hydrogens is 416 g/mol. The average Bonchev–Trinajstić information content (AvgIpc) is 2.96. The van der Waals surface area contributed by atoms with Crippen LogP contribution in [0.5, 0.6) is 0 Å². The lowest BCUT2D eigenvalue weighted by Gasteiger charge is -2.13. The SMILES string of the molecule is CC(C)Cc1ccc(C(C)C(=O)NS(=O)(=O)C=CN2C(=O)c3ccccc3C2=O)cc1. The average molecular weight is 441 g/mol. The number of benzene rings is 2. The fourth-order valence-corrected chi connectivity index (χ4v) is 4.12. The lowest BCUT2D eigenvalue weighted by atomic mass is 9.96. The molecular formula is C23H24N2O5S. The van der Waals surface area contributed by atoms with Crippen LogP contribution < -0.4 is 4.72 Å². The highest BCUT2D eigenvalue weighted by Crippen LogP contribution is 2.23. The number of amides is 3. The molecule has 1 heterocycles. The van der Waals surface area contributed by atoms with Crippen molar-refractivity contribution >= 4 is 27.7 Å². The predicted molar refractivity (Wildman–Crippen MR) is 117 cm³/mol. The van der Waals surface area contributed by atoms with Crippen molar-refractivity contribution in [2.45, 2.75) is 33.1 Å². The second-order valence-electron chi connectivity index (χ2n) is 7.88. The number of carbonyl (C=O) groups is 3. The van der Waals surface area contributed by atoms with E-state index in [0.717, 1.165) is 18.2 Å². The summed E-state index contributed by atoms with van der Waals surface area (Å²) in [4.78, 5) is 37.8. The molecule has 0 bridgehead atoms. The highest BCUT2D eigenvalue weighted by atomic mass is 32.2. The molecule has 3 amide bonds. The first kappa shape index (κ1) is 22.4. The summed E-state index contributed by atoms with van der Waals surface area (Å²) in [5, 5.41) is 0.644. The monoisotopic (exact) mass is 440 g/mol. The maximum Gasteiger partial charge on any atom is 0.265 e. The van der Waals surface area contributed by atoms with Crippen molar-refractivity contribution in [2.24, 2.45) is 5.92 Å². The highest BCUT2D eigenvalue weighted by Gasteiger charge is 2.34. The van der Waals surface area contributed by atoms with Gasteiger partial charge in [-0.25, -0.2) is 18.0 Å². The van der Waals surface area contributed by atoms with E-state index in [1.165, 1.54) is 12.1 Å². The van der Waals surface area contributed by atoms with Gasteiger partial charge in [0.1, 0.15) is 0 Å². The molecule has 0 spiro atoms. The predicted octanol–water partition coefficient (Wildman–Crippen LogP) is 3.20. The van der Waals surface area contributed by atoms with Crippen molar-refractivity contribution in [3.63, 3.8) is 0 Å². The first-order valence-electron chi connectivity index (χ1n) is 9.89. The maximum absolute atomic E-state index is 12.5. The van der Waals surface area contributed by atoms with Crippen LogP contribution in [-0.2, 0) is 21.2 Å². The van der Waals surface area contributed by atoms with Gasteiger partial charge in [-0.1, -0.05) is 50.2 Å². The Morgan fingerprint density at radius 2 is 1.52 bits per heavy atom. The van der Waals surface area contributed by atoms with Crippen molar-refractivity contribution < 1.29 is 22.8 Å². The fourth-order valence-electron chi connectivity index (χ4n) is 3.31. The van der Waals surface area contributed by atoms with Crippen LogP contribution in [0.3, 0.4) is 0 Å². The van der Waals surface area contributed by atoms with Crippen LogP contribution in [0, 0.1) is 5.92 Å². The summed E-state index contributed by atoms with van der Waals surface area (Å²) < 4.78 is 26.6. The number of imide groups is 1. The first-order valence-corrected chi connectivity index (χ1v) is 11.4. The Kier molecular flexibility index (Phi) is 6.40. The van der Waals surface area contributed by atoms with E-state index in [0.29, 0.717) is 21.8 Å². The van der Waals surface area contributed by atoms with E-state index in [1.54, 1.807) is 19.1 Å². The van der Waals surface area contributed by atoms with Gasteiger partial charge < -0.3 is 0 Å². The Morgan fingerprint density at radius 3 is 2.03 bits per heavy atom. The summed E-state index contributed by atoms with van der Waals surface area (Å²) in [6.45, 7) is 5.84. The summed E-state index contributed by atoms with van der Waals surface area (Å²) in [7, 11) is -4.21. The van der Waals surface area contributed by atoms with Gasteiger partial charge in [0.05, 0.1) is 22.5 Å². The summed E-state index contributed by atoms with van der Waals surface area (Å²) in [5.41, 5.74) is 2.23. The van der Waals surface area contributed by atoms with Crippen LogP contribution in [0.25, 0.3) is 0 Å². The number of nitrogens with zero attached hydrogens (tertiary/aromatic N) is 1. The molecule has 0 aromatic heterocycles. The molecule has 1 aliphatic heterocycles. The zero-order chi connectivity index (χ0) is 22.8. The minimum atomic E-state index is -4.21. The third kappa shape index (κ3) is 5.08. The summed E-state index contributed by atoms with van der Waals surface area (Å²) in [6.07, 6.45) is 1.78. The van der Waals surface area contributed by atoms with Crippen LogP contribution in [0.1, 0.15) is 58.5 Å². The van der Waals surface area contributed by atoms with Gasteiger partial charge in [0.2, 0.25) is 5.91 Å². The molecule has 31 heavy (non-hydrogen) atoms. The topological polar surface area (TPSA) is 101 Å². The van der Waals surface area contributed by atoms with E-state index < -0.39 is 33.7 Å². The van der Waals surface area contributed by atoms with E-state index in [-0.39, 0.29) is 11.1 Å². The molecule has 7 nitrogen and oxygen atoms in total. The molecule has 1 atom stereocenters. The number of hydrogen-bond donors (Lipinski definition) is 1. The molecule has 2 aromatic rings. The second kappa shape index (κ2) is 8.85. The van der Waals surface area contributed by atoms with Crippen molar-refractivity contribution in [1.82, 2.24) is 9.62 Å². The highest BCUT2D eigenvalue weighted by molar-refractivity contribution is 7.92. The molecule has 1 unspecified atom stereocenters.